The first kappa shape index (κ1) is 19.7. The Morgan fingerprint density at radius 1 is 1.31 bits per heavy atom. The van der Waals surface area contributed by atoms with Gasteiger partial charge in [-0.15, -0.1) is 0 Å². The third-order valence-corrected chi connectivity index (χ3v) is 9.72. The summed E-state index contributed by atoms with van der Waals surface area (Å²) in [4.78, 5) is 24.4. The van der Waals surface area contributed by atoms with Crippen molar-refractivity contribution < 1.29 is 24.2 Å². The second kappa shape index (κ2) is 5.92. The third-order valence-electron chi connectivity index (χ3n) is 9.72. The van der Waals surface area contributed by atoms with Gasteiger partial charge in [0.1, 0.15) is 5.60 Å². The molecule has 1 aliphatic heterocycles. The normalized spacial score (nSPS) is 53.1. The maximum absolute atomic E-state index is 12.4. The van der Waals surface area contributed by atoms with Gasteiger partial charge in [-0.2, -0.15) is 0 Å². The summed E-state index contributed by atoms with van der Waals surface area (Å²) >= 11 is 0. The average molecular weight is 404 g/mol. The second-order valence-electron chi connectivity index (χ2n) is 10.7. The van der Waals surface area contributed by atoms with Crippen LogP contribution in [-0.2, 0) is 19.1 Å². The highest BCUT2D eigenvalue weighted by Gasteiger charge is 2.84. The van der Waals surface area contributed by atoms with Gasteiger partial charge in [0.25, 0.3) is 5.91 Å². The fourth-order valence-corrected chi connectivity index (χ4v) is 8.45. The van der Waals surface area contributed by atoms with Crippen molar-refractivity contribution in [2.24, 2.45) is 34.3 Å². The van der Waals surface area contributed by atoms with Crippen molar-refractivity contribution in [2.45, 2.75) is 76.1 Å². The molecule has 29 heavy (non-hydrogen) atoms. The van der Waals surface area contributed by atoms with Gasteiger partial charge < -0.3 is 20.3 Å². The molecule has 5 aliphatic rings. The van der Waals surface area contributed by atoms with Gasteiger partial charge in [-0.05, 0) is 67.8 Å². The highest BCUT2D eigenvalue weighted by molar-refractivity contribution is 5.91. The monoisotopic (exact) mass is 403 g/mol. The number of aliphatic hydroxyl groups excluding tert-OH is 1. The maximum atomic E-state index is 12.4. The van der Waals surface area contributed by atoms with Gasteiger partial charge in [0.15, 0.2) is 11.4 Å². The number of carbonyl (C=O) groups is 2. The third kappa shape index (κ3) is 2.18. The molecule has 0 aromatic carbocycles. The van der Waals surface area contributed by atoms with Crippen LogP contribution in [0.1, 0.15) is 58.8 Å². The van der Waals surface area contributed by atoms with Crippen LogP contribution in [0.15, 0.2) is 11.6 Å². The van der Waals surface area contributed by atoms with Gasteiger partial charge in [-0.25, -0.2) is 0 Å². The molecule has 6 nitrogen and oxygen atoms in total. The molecule has 5 rings (SSSR count). The molecule has 1 heterocycles. The minimum Gasteiger partial charge on any atom is -0.393 e. The lowest BCUT2D eigenvalue weighted by atomic mass is 9.45. The van der Waals surface area contributed by atoms with Crippen molar-refractivity contribution in [3.63, 3.8) is 0 Å². The van der Waals surface area contributed by atoms with E-state index in [0.29, 0.717) is 24.7 Å². The Morgan fingerprint density at radius 2 is 2.07 bits per heavy atom. The van der Waals surface area contributed by atoms with Gasteiger partial charge in [-0.1, -0.05) is 19.4 Å². The SMILES string of the molecule is COCC1(C(N)=O)O[C@@]12CC[C@H]1[C@@H]3CCC4=CC(=O)CC[C@]4(C)[C@H]3[C@@H](O)C[C@@]12C. The molecule has 160 valence electrons. The van der Waals surface area contributed by atoms with Crippen LogP contribution in [0.3, 0.4) is 0 Å². The van der Waals surface area contributed by atoms with Gasteiger partial charge in [0, 0.05) is 18.9 Å². The molecule has 0 aromatic rings. The van der Waals surface area contributed by atoms with Crippen molar-refractivity contribution in [1.29, 1.82) is 0 Å². The number of ketones is 1. The Hall–Kier alpha value is -1.24. The topological polar surface area (TPSA) is 102 Å². The van der Waals surface area contributed by atoms with Crippen LogP contribution in [-0.4, -0.2) is 47.8 Å². The van der Waals surface area contributed by atoms with Crippen LogP contribution >= 0.6 is 0 Å². The molecular formula is C23H33NO5. The molecule has 6 heteroatoms. The lowest BCUT2D eigenvalue weighted by molar-refractivity contribution is -0.136. The van der Waals surface area contributed by atoms with Crippen molar-refractivity contribution >= 4 is 11.7 Å². The van der Waals surface area contributed by atoms with Gasteiger partial charge in [-0.3, -0.25) is 9.59 Å². The molecule has 1 spiro atoms. The summed E-state index contributed by atoms with van der Waals surface area (Å²) in [5.74, 6) is 0.682. The average Bonchev–Trinajstić information content (AvgIpc) is 3.23. The number of hydrogen-bond donors (Lipinski definition) is 2. The number of nitrogens with two attached hydrogens (primary N) is 1. The minimum atomic E-state index is -1.07. The Kier molecular flexibility index (Phi) is 4.02. The lowest BCUT2D eigenvalue weighted by Gasteiger charge is -2.59. The van der Waals surface area contributed by atoms with Crippen LogP contribution in [0.5, 0.6) is 0 Å². The summed E-state index contributed by atoms with van der Waals surface area (Å²) in [6, 6.07) is 0. The van der Waals surface area contributed by atoms with E-state index in [1.807, 2.05) is 6.08 Å². The number of carbonyl (C=O) groups excluding carboxylic acids is 2. The Bertz CT molecular complexity index is 809. The van der Waals surface area contributed by atoms with Crippen LogP contribution < -0.4 is 5.73 Å². The van der Waals surface area contributed by atoms with Crippen LogP contribution in [0.2, 0.25) is 0 Å². The number of aliphatic hydroxyl groups is 1. The number of epoxide rings is 1. The Labute approximate surface area is 172 Å². The number of fused-ring (bicyclic) bond motifs is 6. The number of ether oxygens (including phenoxy) is 2. The molecule has 4 aliphatic carbocycles. The highest BCUT2D eigenvalue weighted by Crippen LogP contribution is 2.75. The number of hydrogen-bond acceptors (Lipinski definition) is 5. The van der Waals surface area contributed by atoms with Crippen molar-refractivity contribution in [3.8, 4) is 0 Å². The first-order valence-corrected chi connectivity index (χ1v) is 11.1. The van der Waals surface area contributed by atoms with E-state index in [1.165, 1.54) is 5.57 Å². The van der Waals surface area contributed by atoms with Gasteiger partial charge in [0.2, 0.25) is 0 Å². The molecule has 4 fully saturated rings. The summed E-state index contributed by atoms with van der Waals surface area (Å²) in [5, 5.41) is 11.5. The first-order chi connectivity index (χ1) is 13.7. The number of primary amides is 1. The van der Waals surface area contributed by atoms with E-state index >= 15 is 0 Å². The van der Waals surface area contributed by atoms with Crippen molar-refractivity contribution in [1.82, 2.24) is 0 Å². The molecule has 3 N–H and O–H groups in total. The quantitative estimate of drug-likeness (QED) is 0.703. The van der Waals surface area contributed by atoms with E-state index in [-0.39, 0.29) is 29.1 Å². The molecule has 0 bridgehead atoms. The molecule has 1 saturated heterocycles. The van der Waals surface area contributed by atoms with E-state index < -0.39 is 23.2 Å². The number of allylic oxidation sites excluding steroid dienone is 1. The number of rotatable bonds is 3. The summed E-state index contributed by atoms with van der Waals surface area (Å²) in [6.45, 7) is 4.62. The predicted octanol–water partition coefficient (Wildman–Crippen LogP) is 2.13. The molecule has 1 amide bonds. The zero-order valence-electron chi connectivity index (χ0n) is 17.7. The molecule has 0 radical (unpaired) electrons. The molecule has 1 unspecified atom stereocenters. The standard InChI is InChI=1S/C23H33NO5/c1-20-8-6-14(25)10-13(20)4-5-15-16-7-9-23(21(16,2)11-17(26)18(15)20)22(29-23,12-28-3)19(24)27/h10,15-18,26H,4-9,11-12H2,1-3H3,(H2,24,27)/t15-,16-,17-,18+,20-,21-,22?,23+/m0/s1. The number of amides is 1. The van der Waals surface area contributed by atoms with Crippen molar-refractivity contribution in [3.05, 3.63) is 11.6 Å². The summed E-state index contributed by atoms with van der Waals surface area (Å²) in [7, 11) is 1.57. The van der Waals surface area contributed by atoms with E-state index in [2.05, 4.69) is 13.8 Å². The fraction of sp³-hybridized carbons (Fsp3) is 0.826. The zero-order valence-corrected chi connectivity index (χ0v) is 17.7. The molecular weight excluding hydrogens is 370 g/mol. The summed E-state index contributed by atoms with van der Waals surface area (Å²) in [5.41, 5.74) is 4.93. The number of methoxy groups -OCH3 is 1. The van der Waals surface area contributed by atoms with Crippen LogP contribution in [0.4, 0.5) is 0 Å². The molecule has 8 atom stereocenters. The maximum Gasteiger partial charge on any atom is 0.255 e. The van der Waals surface area contributed by atoms with E-state index in [0.717, 1.165) is 32.1 Å². The minimum absolute atomic E-state index is 0.106. The largest absolute Gasteiger partial charge is 0.393 e. The van der Waals surface area contributed by atoms with Gasteiger partial charge >= 0.3 is 0 Å². The van der Waals surface area contributed by atoms with E-state index in [4.69, 9.17) is 15.2 Å². The fourth-order valence-electron chi connectivity index (χ4n) is 8.45. The zero-order chi connectivity index (χ0) is 20.8. The smallest absolute Gasteiger partial charge is 0.255 e. The summed E-state index contributed by atoms with van der Waals surface area (Å²) in [6.07, 6.45) is 7.07. The molecule has 0 aromatic heterocycles. The highest BCUT2D eigenvalue weighted by atomic mass is 16.7. The summed E-state index contributed by atoms with van der Waals surface area (Å²) < 4.78 is 11.6. The van der Waals surface area contributed by atoms with Crippen molar-refractivity contribution in [2.75, 3.05) is 13.7 Å². The van der Waals surface area contributed by atoms with Gasteiger partial charge in [0.05, 0.1) is 12.7 Å². The molecule has 3 saturated carbocycles. The van der Waals surface area contributed by atoms with Crippen LogP contribution in [0, 0.1) is 28.6 Å². The lowest BCUT2D eigenvalue weighted by Crippen LogP contribution is -2.59. The first-order valence-electron chi connectivity index (χ1n) is 11.1. The van der Waals surface area contributed by atoms with Crippen LogP contribution in [0.25, 0.3) is 0 Å². The predicted molar refractivity (Wildman–Crippen MR) is 106 cm³/mol. The van der Waals surface area contributed by atoms with E-state index in [9.17, 15) is 14.7 Å². The van der Waals surface area contributed by atoms with E-state index in [1.54, 1.807) is 7.11 Å². The Morgan fingerprint density at radius 3 is 2.76 bits per heavy atom. The Balaban J connectivity index is 1.52. The second-order valence-corrected chi connectivity index (χ2v) is 10.7.